The minimum absolute atomic E-state index is 0.00944. The summed E-state index contributed by atoms with van der Waals surface area (Å²) in [4.78, 5) is 19.1. The summed E-state index contributed by atoms with van der Waals surface area (Å²) in [5.74, 6) is -0.438. The van der Waals surface area contributed by atoms with E-state index in [2.05, 4.69) is 20.4 Å². The van der Waals surface area contributed by atoms with Gasteiger partial charge in [-0.3, -0.25) is 0 Å². The number of carbonyl (C=O) groups is 1. The predicted octanol–water partition coefficient (Wildman–Crippen LogP) is 4.21. The zero-order chi connectivity index (χ0) is 20.5. The van der Waals surface area contributed by atoms with Gasteiger partial charge in [0.2, 0.25) is 0 Å². The lowest BCUT2D eigenvalue weighted by molar-refractivity contribution is -0.137. The van der Waals surface area contributed by atoms with E-state index in [0.717, 1.165) is 12.1 Å². The number of rotatable bonds is 5. The zero-order valence-electron chi connectivity index (χ0n) is 14.3. The van der Waals surface area contributed by atoms with Crippen LogP contribution in [-0.2, 0) is 6.18 Å². The van der Waals surface area contributed by atoms with Crippen molar-refractivity contribution in [3.05, 3.63) is 64.8 Å². The molecule has 7 nitrogen and oxygen atoms in total. The highest BCUT2D eigenvalue weighted by Gasteiger charge is 2.31. The smallest absolute Gasteiger partial charge is 0.416 e. The van der Waals surface area contributed by atoms with Crippen molar-refractivity contribution >= 4 is 23.3 Å². The fraction of sp³-hybridized carbons (Fsp3) is 0.176. The van der Waals surface area contributed by atoms with Crippen molar-refractivity contribution in [2.24, 2.45) is 0 Å². The van der Waals surface area contributed by atoms with Crippen LogP contribution in [0.5, 0.6) is 0 Å². The average Bonchev–Trinajstić information content (AvgIpc) is 3.10. The molecule has 0 fully saturated rings. The summed E-state index contributed by atoms with van der Waals surface area (Å²) in [6, 6.07) is 5.42. The van der Waals surface area contributed by atoms with Crippen LogP contribution in [0.1, 0.15) is 34.7 Å². The topological polar surface area (TPSA) is 92.9 Å². The van der Waals surface area contributed by atoms with Gasteiger partial charge in [0.15, 0.2) is 11.6 Å². The van der Waals surface area contributed by atoms with Gasteiger partial charge in [-0.15, -0.1) is 0 Å². The van der Waals surface area contributed by atoms with E-state index >= 15 is 0 Å². The van der Waals surface area contributed by atoms with Gasteiger partial charge in [-0.1, -0.05) is 11.6 Å². The molecule has 0 amide bonds. The molecule has 2 aromatic heterocycles. The first kappa shape index (κ1) is 19.6. The summed E-state index contributed by atoms with van der Waals surface area (Å²) in [5, 5.41) is 15.8. The van der Waals surface area contributed by atoms with E-state index in [9.17, 15) is 18.0 Å². The number of carboxylic acid groups (broad SMARTS) is 1. The molecule has 0 aliphatic heterocycles. The SMILES string of the molecule is C[C@H](Nc1cc(Cl)cc(C(F)(F)F)c1)c1ncnn1-c1ccc(C(=O)O)cn1. The minimum atomic E-state index is -4.53. The van der Waals surface area contributed by atoms with E-state index in [4.69, 9.17) is 16.7 Å². The van der Waals surface area contributed by atoms with Crippen LogP contribution in [0, 0.1) is 0 Å². The molecule has 146 valence electrons. The van der Waals surface area contributed by atoms with Gasteiger partial charge in [0.05, 0.1) is 17.2 Å². The third-order valence-electron chi connectivity index (χ3n) is 3.78. The number of anilines is 1. The first-order valence-corrected chi connectivity index (χ1v) is 8.27. The van der Waals surface area contributed by atoms with Crippen LogP contribution >= 0.6 is 11.6 Å². The molecule has 0 aliphatic carbocycles. The second-order valence-electron chi connectivity index (χ2n) is 5.83. The maximum Gasteiger partial charge on any atom is 0.416 e. The lowest BCUT2D eigenvalue weighted by atomic mass is 10.1. The molecule has 1 atom stereocenters. The third-order valence-corrected chi connectivity index (χ3v) is 4.00. The van der Waals surface area contributed by atoms with Crippen molar-refractivity contribution in [1.29, 1.82) is 0 Å². The lowest BCUT2D eigenvalue weighted by Crippen LogP contribution is -2.15. The van der Waals surface area contributed by atoms with Gasteiger partial charge in [0, 0.05) is 16.9 Å². The van der Waals surface area contributed by atoms with Crippen molar-refractivity contribution < 1.29 is 23.1 Å². The van der Waals surface area contributed by atoms with Crippen LogP contribution in [0.3, 0.4) is 0 Å². The molecular formula is C17H13ClF3N5O2. The van der Waals surface area contributed by atoms with E-state index in [1.807, 2.05) is 0 Å². The van der Waals surface area contributed by atoms with Gasteiger partial charge in [-0.2, -0.15) is 23.0 Å². The second-order valence-corrected chi connectivity index (χ2v) is 6.27. The number of aromatic nitrogens is 4. The Morgan fingerprint density at radius 3 is 2.61 bits per heavy atom. The van der Waals surface area contributed by atoms with E-state index in [1.54, 1.807) is 6.92 Å². The van der Waals surface area contributed by atoms with Gasteiger partial charge in [0.1, 0.15) is 6.33 Å². The summed E-state index contributed by atoms with van der Waals surface area (Å²) in [6.45, 7) is 1.68. The molecule has 0 saturated carbocycles. The molecule has 0 aliphatic rings. The summed E-state index contributed by atoms with van der Waals surface area (Å²) < 4.78 is 40.3. The lowest BCUT2D eigenvalue weighted by Gasteiger charge is -2.17. The Morgan fingerprint density at radius 2 is 2.00 bits per heavy atom. The Bertz CT molecular complexity index is 1000. The number of halogens is 4. The molecule has 2 N–H and O–H groups in total. The highest BCUT2D eigenvalue weighted by atomic mass is 35.5. The van der Waals surface area contributed by atoms with Crippen LogP contribution in [0.2, 0.25) is 5.02 Å². The van der Waals surface area contributed by atoms with Crippen molar-refractivity contribution in [1.82, 2.24) is 19.7 Å². The normalized spacial score (nSPS) is 12.6. The number of benzene rings is 1. The maximum atomic E-state index is 13.0. The molecular weight excluding hydrogens is 399 g/mol. The number of carboxylic acids is 1. The van der Waals surface area contributed by atoms with E-state index < -0.39 is 23.8 Å². The van der Waals surface area contributed by atoms with Crippen LogP contribution in [0.15, 0.2) is 42.9 Å². The molecule has 2 heterocycles. The van der Waals surface area contributed by atoms with Gasteiger partial charge in [0.25, 0.3) is 0 Å². The van der Waals surface area contributed by atoms with Crippen molar-refractivity contribution in [2.75, 3.05) is 5.32 Å². The Balaban J connectivity index is 1.87. The Hall–Kier alpha value is -3.14. The summed E-state index contributed by atoms with van der Waals surface area (Å²) in [5.41, 5.74) is -0.701. The third kappa shape index (κ3) is 4.22. The molecule has 0 spiro atoms. The molecule has 0 radical (unpaired) electrons. The van der Waals surface area contributed by atoms with Crippen molar-refractivity contribution in [2.45, 2.75) is 19.1 Å². The Labute approximate surface area is 161 Å². The molecule has 3 aromatic rings. The van der Waals surface area contributed by atoms with Gasteiger partial charge < -0.3 is 10.4 Å². The Kier molecular flexibility index (Phi) is 5.23. The summed E-state index contributed by atoms with van der Waals surface area (Å²) >= 11 is 5.80. The van der Waals surface area contributed by atoms with Gasteiger partial charge in [-0.25, -0.2) is 14.8 Å². The van der Waals surface area contributed by atoms with E-state index in [0.29, 0.717) is 11.6 Å². The van der Waals surface area contributed by atoms with Crippen molar-refractivity contribution in [3.63, 3.8) is 0 Å². The fourth-order valence-electron chi connectivity index (χ4n) is 2.51. The highest BCUT2D eigenvalue weighted by molar-refractivity contribution is 6.30. The number of alkyl halides is 3. The largest absolute Gasteiger partial charge is 0.478 e. The number of nitrogens with one attached hydrogen (secondary N) is 1. The zero-order valence-corrected chi connectivity index (χ0v) is 15.0. The Morgan fingerprint density at radius 1 is 1.25 bits per heavy atom. The number of pyridine rings is 1. The number of nitrogens with zero attached hydrogens (tertiary/aromatic N) is 4. The molecule has 11 heteroatoms. The first-order valence-electron chi connectivity index (χ1n) is 7.89. The summed E-state index contributed by atoms with van der Waals surface area (Å²) in [7, 11) is 0. The molecule has 1 aromatic carbocycles. The number of aromatic carboxylic acids is 1. The highest BCUT2D eigenvalue weighted by Crippen LogP contribution is 2.34. The minimum Gasteiger partial charge on any atom is -0.478 e. The van der Waals surface area contributed by atoms with Crippen LogP contribution in [-0.4, -0.2) is 30.8 Å². The molecule has 0 saturated heterocycles. The maximum absolute atomic E-state index is 13.0. The van der Waals surface area contributed by atoms with Crippen LogP contribution < -0.4 is 5.32 Å². The number of hydrogen-bond acceptors (Lipinski definition) is 5. The summed E-state index contributed by atoms with van der Waals surface area (Å²) in [6.07, 6.45) is -2.09. The van der Waals surface area contributed by atoms with Crippen molar-refractivity contribution in [3.8, 4) is 5.82 Å². The quantitative estimate of drug-likeness (QED) is 0.653. The molecule has 0 unspecified atom stereocenters. The predicted molar refractivity (Wildman–Crippen MR) is 94.6 cm³/mol. The molecule has 28 heavy (non-hydrogen) atoms. The standard InChI is InChI=1S/C17H13ClF3N5O2/c1-9(25-13-5-11(17(19,20)21)4-12(18)6-13)15-23-8-24-26(15)14-3-2-10(7-22-14)16(27)28/h2-9,25H,1H3,(H,27,28)/t9-/m0/s1. The van der Waals surface area contributed by atoms with E-state index in [1.165, 1.54) is 35.4 Å². The second kappa shape index (κ2) is 7.47. The van der Waals surface area contributed by atoms with E-state index in [-0.39, 0.29) is 16.3 Å². The molecule has 3 rings (SSSR count). The monoisotopic (exact) mass is 411 g/mol. The first-order chi connectivity index (χ1) is 13.1. The number of hydrogen-bond donors (Lipinski definition) is 2. The fourth-order valence-corrected chi connectivity index (χ4v) is 2.75. The van der Waals surface area contributed by atoms with Crippen LogP contribution in [0.25, 0.3) is 5.82 Å². The van der Waals surface area contributed by atoms with Crippen LogP contribution in [0.4, 0.5) is 18.9 Å². The van der Waals surface area contributed by atoms with Gasteiger partial charge >= 0.3 is 12.1 Å². The average molecular weight is 412 g/mol. The molecule has 0 bridgehead atoms. The van der Waals surface area contributed by atoms with Gasteiger partial charge in [-0.05, 0) is 37.3 Å².